The van der Waals surface area contributed by atoms with Gasteiger partial charge in [0.05, 0.1) is 10.6 Å². The highest BCUT2D eigenvalue weighted by molar-refractivity contribution is 7.98. The Bertz CT molecular complexity index is 485. The standard InChI is InChI=1S/C11H12Cl2N2O3S/c1-19-3-2-8(11(17)18)15-10(16)6-4-7(12)9(13)14-5-6/h4-5,8H,2-3H2,1H3,(H,15,16)(H,17,18)/t8-/m0/s1. The van der Waals surface area contributed by atoms with Gasteiger partial charge in [0, 0.05) is 6.20 Å². The second-order valence-corrected chi connectivity index (χ2v) is 5.39. The molecular formula is C11H12Cl2N2O3S. The van der Waals surface area contributed by atoms with Gasteiger partial charge in [-0.3, -0.25) is 4.79 Å². The molecule has 1 amide bonds. The topological polar surface area (TPSA) is 79.3 Å². The molecule has 0 bridgehead atoms. The Morgan fingerprint density at radius 3 is 2.74 bits per heavy atom. The first-order chi connectivity index (χ1) is 8.95. The number of carbonyl (C=O) groups excluding carboxylic acids is 1. The molecule has 19 heavy (non-hydrogen) atoms. The molecule has 0 saturated heterocycles. The van der Waals surface area contributed by atoms with Crippen LogP contribution in [0, 0.1) is 0 Å². The van der Waals surface area contributed by atoms with Crippen LogP contribution in [0.2, 0.25) is 10.2 Å². The summed E-state index contributed by atoms with van der Waals surface area (Å²) in [6, 6.07) is 0.411. The van der Waals surface area contributed by atoms with E-state index in [1.54, 1.807) is 0 Å². The average Bonchev–Trinajstić information content (AvgIpc) is 2.37. The highest BCUT2D eigenvalue weighted by atomic mass is 35.5. The fraction of sp³-hybridized carbons (Fsp3) is 0.364. The number of amides is 1. The van der Waals surface area contributed by atoms with Crippen LogP contribution >= 0.6 is 35.0 Å². The summed E-state index contributed by atoms with van der Waals surface area (Å²) in [6.45, 7) is 0. The van der Waals surface area contributed by atoms with E-state index in [4.69, 9.17) is 28.3 Å². The van der Waals surface area contributed by atoms with Crippen molar-refractivity contribution >= 4 is 46.8 Å². The van der Waals surface area contributed by atoms with Crippen molar-refractivity contribution in [3.8, 4) is 0 Å². The molecule has 0 radical (unpaired) electrons. The van der Waals surface area contributed by atoms with Crippen LogP contribution < -0.4 is 5.32 Å². The first kappa shape index (κ1) is 16.1. The molecule has 1 aromatic rings. The van der Waals surface area contributed by atoms with Crippen LogP contribution in [0.4, 0.5) is 0 Å². The third-order valence-electron chi connectivity index (χ3n) is 2.27. The molecule has 1 aromatic heterocycles. The van der Waals surface area contributed by atoms with E-state index in [2.05, 4.69) is 10.3 Å². The normalized spacial score (nSPS) is 11.9. The monoisotopic (exact) mass is 322 g/mol. The second-order valence-electron chi connectivity index (χ2n) is 3.64. The van der Waals surface area contributed by atoms with E-state index in [1.165, 1.54) is 24.0 Å². The number of halogens is 2. The number of rotatable bonds is 6. The van der Waals surface area contributed by atoms with Gasteiger partial charge in [0.15, 0.2) is 0 Å². The summed E-state index contributed by atoms with van der Waals surface area (Å²) in [4.78, 5) is 26.6. The zero-order chi connectivity index (χ0) is 14.4. The number of aromatic nitrogens is 1. The molecular weight excluding hydrogens is 311 g/mol. The van der Waals surface area contributed by atoms with Crippen molar-refractivity contribution in [3.63, 3.8) is 0 Å². The lowest BCUT2D eigenvalue weighted by Crippen LogP contribution is -2.41. The maximum absolute atomic E-state index is 11.9. The molecule has 8 heteroatoms. The van der Waals surface area contributed by atoms with E-state index in [0.717, 1.165) is 0 Å². The van der Waals surface area contributed by atoms with Crippen molar-refractivity contribution in [1.29, 1.82) is 0 Å². The summed E-state index contributed by atoms with van der Waals surface area (Å²) >= 11 is 12.9. The van der Waals surface area contributed by atoms with Gasteiger partial charge in [-0.25, -0.2) is 9.78 Å². The number of carbonyl (C=O) groups is 2. The predicted molar refractivity (Wildman–Crippen MR) is 76.1 cm³/mol. The number of thioether (sulfide) groups is 1. The number of nitrogens with one attached hydrogen (secondary N) is 1. The lowest BCUT2D eigenvalue weighted by Gasteiger charge is -2.13. The molecule has 5 nitrogen and oxygen atoms in total. The van der Waals surface area contributed by atoms with Crippen molar-refractivity contribution in [2.24, 2.45) is 0 Å². The molecule has 0 aliphatic heterocycles. The van der Waals surface area contributed by atoms with Crippen LogP contribution in [0.5, 0.6) is 0 Å². The molecule has 0 aliphatic carbocycles. The van der Waals surface area contributed by atoms with Crippen LogP contribution in [-0.2, 0) is 4.79 Å². The number of pyridine rings is 1. The van der Waals surface area contributed by atoms with Crippen molar-refractivity contribution in [2.75, 3.05) is 12.0 Å². The van der Waals surface area contributed by atoms with Crippen molar-refractivity contribution in [2.45, 2.75) is 12.5 Å². The molecule has 1 rings (SSSR count). The molecule has 1 heterocycles. The third kappa shape index (κ3) is 4.89. The van der Waals surface area contributed by atoms with Crippen LogP contribution in [0.3, 0.4) is 0 Å². The Hall–Kier alpha value is -0.980. The summed E-state index contributed by atoms with van der Waals surface area (Å²) in [5, 5.41) is 11.7. The molecule has 0 aliphatic rings. The largest absolute Gasteiger partial charge is 0.480 e. The Morgan fingerprint density at radius 1 is 1.53 bits per heavy atom. The molecule has 0 spiro atoms. The number of hydrogen-bond acceptors (Lipinski definition) is 4. The highest BCUT2D eigenvalue weighted by Crippen LogP contribution is 2.19. The van der Waals surface area contributed by atoms with Gasteiger partial charge in [-0.15, -0.1) is 0 Å². The summed E-state index contributed by atoms with van der Waals surface area (Å²) < 4.78 is 0. The Balaban J connectivity index is 2.75. The van der Waals surface area contributed by atoms with E-state index in [9.17, 15) is 9.59 Å². The van der Waals surface area contributed by atoms with Gasteiger partial charge in [0.25, 0.3) is 5.91 Å². The molecule has 0 fully saturated rings. The van der Waals surface area contributed by atoms with Gasteiger partial charge >= 0.3 is 5.97 Å². The van der Waals surface area contributed by atoms with E-state index in [-0.39, 0.29) is 15.7 Å². The lowest BCUT2D eigenvalue weighted by molar-refractivity contribution is -0.139. The van der Waals surface area contributed by atoms with E-state index >= 15 is 0 Å². The molecule has 0 unspecified atom stereocenters. The maximum Gasteiger partial charge on any atom is 0.326 e. The van der Waals surface area contributed by atoms with Crippen molar-refractivity contribution < 1.29 is 14.7 Å². The Kier molecular flexibility index (Phi) is 6.41. The fourth-order valence-corrected chi connectivity index (χ4v) is 2.02. The minimum Gasteiger partial charge on any atom is -0.480 e. The van der Waals surface area contributed by atoms with Crippen LogP contribution in [0.25, 0.3) is 0 Å². The summed E-state index contributed by atoms with van der Waals surface area (Å²) in [5.41, 5.74) is 0.171. The van der Waals surface area contributed by atoms with E-state index in [1.807, 2.05) is 6.26 Å². The van der Waals surface area contributed by atoms with Gasteiger partial charge in [-0.1, -0.05) is 23.2 Å². The number of carboxylic acid groups (broad SMARTS) is 1. The summed E-state index contributed by atoms with van der Waals surface area (Å²) in [7, 11) is 0. The fourth-order valence-electron chi connectivity index (χ4n) is 1.28. The van der Waals surface area contributed by atoms with E-state index < -0.39 is 17.9 Å². The Labute approximate surface area is 124 Å². The minimum absolute atomic E-state index is 0.0929. The van der Waals surface area contributed by atoms with Crippen LogP contribution in [0.15, 0.2) is 12.3 Å². The highest BCUT2D eigenvalue weighted by Gasteiger charge is 2.20. The van der Waals surface area contributed by atoms with Crippen molar-refractivity contribution in [3.05, 3.63) is 28.0 Å². The first-order valence-corrected chi connectivity index (χ1v) is 7.44. The second kappa shape index (κ2) is 7.57. The smallest absolute Gasteiger partial charge is 0.326 e. The average molecular weight is 323 g/mol. The first-order valence-electron chi connectivity index (χ1n) is 5.29. The summed E-state index contributed by atoms with van der Waals surface area (Å²) in [5.74, 6) is -0.980. The zero-order valence-electron chi connectivity index (χ0n) is 10.0. The van der Waals surface area contributed by atoms with Gasteiger partial charge in [-0.05, 0) is 24.5 Å². The van der Waals surface area contributed by atoms with Crippen LogP contribution in [-0.4, -0.2) is 40.0 Å². The molecule has 0 saturated carbocycles. The maximum atomic E-state index is 11.9. The van der Waals surface area contributed by atoms with Gasteiger partial charge in [0.2, 0.25) is 0 Å². The van der Waals surface area contributed by atoms with Crippen molar-refractivity contribution in [1.82, 2.24) is 10.3 Å². The quantitative estimate of drug-likeness (QED) is 0.786. The van der Waals surface area contributed by atoms with Gasteiger partial charge in [0.1, 0.15) is 11.2 Å². The SMILES string of the molecule is CSCC[C@H](NC(=O)c1cnc(Cl)c(Cl)c1)C(=O)O. The molecule has 0 aromatic carbocycles. The Morgan fingerprint density at radius 2 is 2.21 bits per heavy atom. The predicted octanol–water partition coefficient (Wildman–Crippen LogP) is 2.32. The van der Waals surface area contributed by atoms with Crippen LogP contribution in [0.1, 0.15) is 16.8 Å². The van der Waals surface area contributed by atoms with Gasteiger partial charge < -0.3 is 10.4 Å². The van der Waals surface area contributed by atoms with Gasteiger partial charge in [-0.2, -0.15) is 11.8 Å². The third-order valence-corrected chi connectivity index (χ3v) is 3.60. The molecule has 2 N–H and O–H groups in total. The number of carboxylic acids is 1. The number of nitrogens with zero attached hydrogens (tertiary/aromatic N) is 1. The zero-order valence-corrected chi connectivity index (χ0v) is 12.3. The lowest BCUT2D eigenvalue weighted by atomic mass is 10.2. The van der Waals surface area contributed by atoms with E-state index in [0.29, 0.717) is 12.2 Å². The molecule has 1 atom stereocenters. The summed E-state index contributed by atoms with van der Waals surface area (Å²) in [6.07, 6.45) is 3.46. The molecule has 104 valence electrons. The minimum atomic E-state index is -1.07. The number of hydrogen-bond donors (Lipinski definition) is 2. The number of aliphatic carboxylic acids is 1.